The van der Waals surface area contributed by atoms with Crippen LogP contribution in [0.2, 0.25) is 0 Å². The van der Waals surface area contributed by atoms with Gasteiger partial charge in [-0.3, -0.25) is 0 Å². The van der Waals surface area contributed by atoms with Gasteiger partial charge in [0.05, 0.1) is 5.56 Å². The maximum atomic E-state index is 12.8. The third kappa shape index (κ3) is 3.28. The van der Waals surface area contributed by atoms with E-state index in [1.807, 2.05) is 0 Å². The summed E-state index contributed by atoms with van der Waals surface area (Å²) in [6.45, 7) is 0. The van der Waals surface area contributed by atoms with Crippen LogP contribution >= 0.6 is 0 Å². The topological polar surface area (TPSA) is 0 Å². The Morgan fingerprint density at radius 2 is 1.87 bits per heavy atom. The molecule has 0 spiro atoms. The highest BCUT2D eigenvalue weighted by molar-refractivity contribution is 5.27. The molecule has 0 nitrogen and oxygen atoms in total. The molecular formula is C11H8F4. The fraction of sp³-hybridized carbons (Fsp3) is 0.273. The van der Waals surface area contributed by atoms with Gasteiger partial charge in [0.2, 0.25) is 0 Å². The molecule has 1 rings (SSSR count). The van der Waals surface area contributed by atoms with Crippen LogP contribution in [0.15, 0.2) is 18.2 Å². The van der Waals surface area contributed by atoms with Gasteiger partial charge in [-0.1, -0.05) is 0 Å². The first kappa shape index (κ1) is 11.6. The van der Waals surface area contributed by atoms with Crippen LogP contribution in [0.1, 0.15) is 17.5 Å². The highest BCUT2D eigenvalue weighted by atomic mass is 19.4. The first-order valence-corrected chi connectivity index (χ1v) is 4.23. The summed E-state index contributed by atoms with van der Waals surface area (Å²) in [7, 11) is 0. The monoisotopic (exact) mass is 216 g/mol. The molecule has 1 aromatic rings. The van der Waals surface area contributed by atoms with Gasteiger partial charge >= 0.3 is 6.18 Å². The molecule has 0 atom stereocenters. The first-order valence-electron chi connectivity index (χ1n) is 4.23. The Balaban J connectivity index is 3.01. The number of halogens is 4. The van der Waals surface area contributed by atoms with Crippen molar-refractivity contribution in [2.24, 2.45) is 0 Å². The molecule has 0 saturated heterocycles. The molecule has 0 unspecified atom stereocenters. The molecule has 0 aliphatic rings. The Bertz CT molecular complexity index is 385. The van der Waals surface area contributed by atoms with E-state index >= 15 is 0 Å². The van der Waals surface area contributed by atoms with Crippen LogP contribution < -0.4 is 0 Å². The van der Waals surface area contributed by atoms with Crippen molar-refractivity contribution in [3.8, 4) is 12.3 Å². The molecular weight excluding hydrogens is 208 g/mol. The molecule has 0 radical (unpaired) electrons. The fourth-order valence-electron chi connectivity index (χ4n) is 1.17. The van der Waals surface area contributed by atoms with Crippen molar-refractivity contribution in [2.75, 3.05) is 0 Å². The van der Waals surface area contributed by atoms with Crippen molar-refractivity contribution in [3.63, 3.8) is 0 Å². The van der Waals surface area contributed by atoms with E-state index in [2.05, 4.69) is 5.92 Å². The SMILES string of the molecule is C#CCCc1cc(F)cc(C(F)(F)F)c1. The third-order valence-electron chi connectivity index (χ3n) is 1.84. The summed E-state index contributed by atoms with van der Waals surface area (Å²) in [5.74, 6) is 1.40. The summed E-state index contributed by atoms with van der Waals surface area (Å²) in [5.41, 5.74) is -0.713. The van der Waals surface area contributed by atoms with E-state index in [0.29, 0.717) is 12.5 Å². The lowest BCUT2D eigenvalue weighted by Crippen LogP contribution is -2.06. The van der Waals surface area contributed by atoms with Crippen LogP contribution in [0.3, 0.4) is 0 Å². The molecule has 4 heteroatoms. The second-order valence-corrected chi connectivity index (χ2v) is 3.05. The summed E-state index contributed by atoms with van der Waals surface area (Å²) in [4.78, 5) is 0. The van der Waals surface area contributed by atoms with Gasteiger partial charge in [0.25, 0.3) is 0 Å². The van der Waals surface area contributed by atoms with Crippen molar-refractivity contribution in [1.82, 2.24) is 0 Å². The second kappa shape index (κ2) is 4.35. The molecule has 0 amide bonds. The van der Waals surface area contributed by atoms with Gasteiger partial charge in [0.1, 0.15) is 5.82 Å². The number of terminal acetylenes is 1. The van der Waals surface area contributed by atoms with Crippen LogP contribution in [-0.2, 0) is 12.6 Å². The van der Waals surface area contributed by atoms with E-state index in [0.717, 1.165) is 12.1 Å². The van der Waals surface area contributed by atoms with Gasteiger partial charge in [-0.2, -0.15) is 13.2 Å². The van der Waals surface area contributed by atoms with Gasteiger partial charge in [-0.25, -0.2) is 4.39 Å². The lowest BCUT2D eigenvalue weighted by molar-refractivity contribution is -0.137. The predicted octanol–water partition coefficient (Wildman–Crippen LogP) is 3.41. The Labute approximate surface area is 84.9 Å². The number of hydrogen-bond acceptors (Lipinski definition) is 0. The molecule has 80 valence electrons. The summed E-state index contributed by atoms with van der Waals surface area (Å²) >= 11 is 0. The highest BCUT2D eigenvalue weighted by Gasteiger charge is 2.31. The molecule has 1 aromatic carbocycles. The van der Waals surface area contributed by atoms with E-state index in [1.54, 1.807) is 0 Å². The van der Waals surface area contributed by atoms with Gasteiger partial charge in [-0.05, 0) is 30.2 Å². The molecule has 0 aliphatic heterocycles. The minimum Gasteiger partial charge on any atom is -0.207 e. The molecule has 15 heavy (non-hydrogen) atoms. The minimum atomic E-state index is -4.52. The zero-order chi connectivity index (χ0) is 11.5. The van der Waals surface area contributed by atoms with E-state index in [4.69, 9.17) is 6.42 Å². The molecule has 0 heterocycles. The van der Waals surface area contributed by atoms with Crippen LogP contribution in [-0.4, -0.2) is 0 Å². The maximum absolute atomic E-state index is 12.8. The molecule has 0 bridgehead atoms. The van der Waals surface area contributed by atoms with E-state index in [9.17, 15) is 17.6 Å². The Kier molecular flexibility index (Phi) is 3.35. The van der Waals surface area contributed by atoms with Crippen LogP contribution in [0.5, 0.6) is 0 Å². The quantitative estimate of drug-likeness (QED) is 0.525. The predicted molar refractivity (Wildman–Crippen MR) is 48.6 cm³/mol. The smallest absolute Gasteiger partial charge is 0.207 e. The van der Waals surface area contributed by atoms with Gasteiger partial charge in [-0.15, -0.1) is 12.3 Å². The van der Waals surface area contributed by atoms with Crippen molar-refractivity contribution < 1.29 is 17.6 Å². The summed E-state index contributed by atoms with van der Waals surface area (Å²) in [6, 6.07) is 2.45. The third-order valence-corrected chi connectivity index (χ3v) is 1.84. The number of alkyl halides is 3. The summed E-state index contributed by atoms with van der Waals surface area (Å²) < 4.78 is 49.6. The van der Waals surface area contributed by atoms with Crippen molar-refractivity contribution in [3.05, 3.63) is 35.1 Å². The molecule has 0 saturated carbocycles. The van der Waals surface area contributed by atoms with Crippen LogP contribution in [0, 0.1) is 18.2 Å². The summed E-state index contributed by atoms with van der Waals surface area (Å²) in [6.07, 6.45) is 0.991. The Hall–Kier alpha value is -1.50. The van der Waals surface area contributed by atoms with Crippen molar-refractivity contribution in [1.29, 1.82) is 0 Å². The fourth-order valence-corrected chi connectivity index (χ4v) is 1.17. The second-order valence-electron chi connectivity index (χ2n) is 3.05. The van der Waals surface area contributed by atoms with E-state index in [1.165, 1.54) is 0 Å². The number of aryl methyl sites for hydroxylation is 1. The Morgan fingerprint density at radius 3 is 2.40 bits per heavy atom. The number of rotatable bonds is 2. The number of benzene rings is 1. The van der Waals surface area contributed by atoms with Crippen molar-refractivity contribution in [2.45, 2.75) is 19.0 Å². The zero-order valence-corrected chi connectivity index (χ0v) is 7.74. The first-order chi connectivity index (χ1) is 6.93. The van der Waals surface area contributed by atoms with Gasteiger partial charge in [0.15, 0.2) is 0 Å². The summed E-state index contributed by atoms with van der Waals surface area (Å²) in [5, 5.41) is 0. The lowest BCUT2D eigenvalue weighted by Gasteiger charge is -2.08. The normalized spacial score (nSPS) is 11.1. The van der Waals surface area contributed by atoms with E-state index in [-0.39, 0.29) is 12.0 Å². The standard InChI is InChI=1S/C11H8F4/c1-2-3-4-8-5-9(11(13,14)15)7-10(12)6-8/h1,5-7H,3-4H2. The largest absolute Gasteiger partial charge is 0.416 e. The molecule has 0 aliphatic carbocycles. The molecule has 0 N–H and O–H groups in total. The average Bonchev–Trinajstić information content (AvgIpc) is 2.12. The highest BCUT2D eigenvalue weighted by Crippen LogP contribution is 2.30. The van der Waals surface area contributed by atoms with Gasteiger partial charge < -0.3 is 0 Å². The molecule has 0 fully saturated rings. The van der Waals surface area contributed by atoms with Crippen molar-refractivity contribution >= 4 is 0 Å². The maximum Gasteiger partial charge on any atom is 0.416 e. The lowest BCUT2D eigenvalue weighted by atomic mass is 10.1. The Morgan fingerprint density at radius 1 is 1.20 bits per heavy atom. The zero-order valence-electron chi connectivity index (χ0n) is 7.74. The minimum absolute atomic E-state index is 0.247. The average molecular weight is 216 g/mol. The van der Waals surface area contributed by atoms with Gasteiger partial charge in [0, 0.05) is 6.42 Å². The number of hydrogen-bond donors (Lipinski definition) is 0. The van der Waals surface area contributed by atoms with E-state index < -0.39 is 17.6 Å². The van der Waals surface area contributed by atoms with Crippen LogP contribution in [0.25, 0.3) is 0 Å². The molecule has 0 aromatic heterocycles. The van der Waals surface area contributed by atoms with Crippen LogP contribution in [0.4, 0.5) is 17.6 Å².